The molecular formula is C32H36N2O5. The van der Waals surface area contributed by atoms with Crippen molar-refractivity contribution in [2.45, 2.75) is 24.9 Å². The number of piperidine rings is 1. The number of aliphatic hydroxyl groups is 1. The highest BCUT2D eigenvalue weighted by Crippen LogP contribution is 2.36. The molecule has 0 aromatic heterocycles. The summed E-state index contributed by atoms with van der Waals surface area (Å²) in [4.78, 5) is 17.0. The zero-order chi connectivity index (χ0) is 26.6. The SMILES string of the molecule is O=C(C1=Cc2cccc(OCC(O)CN3CCC(c4ccc5ccccc5c4)CC3)c2OC1)N1CCOCC1. The third kappa shape index (κ3) is 5.96. The molecule has 1 unspecified atom stereocenters. The largest absolute Gasteiger partial charge is 0.487 e. The first-order chi connectivity index (χ1) is 19.1. The zero-order valence-corrected chi connectivity index (χ0v) is 22.3. The Labute approximate surface area is 229 Å². The third-order valence-electron chi connectivity index (χ3n) is 8.02. The maximum Gasteiger partial charge on any atom is 0.253 e. The molecule has 39 heavy (non-hydrogen) atoms. The van der Waals surface area contributed by atoms with Crippen LogP contribution < -0.4 is 9.47 Å². The van der Waals surface area contributed by atoms with Gasteiger partial charge in [0.1, 0.15) is 19.3 Å². The molecule has 0 saturated carbocycles. The van der Waals surface area contributed by atoms with E-state index in [9.17, 15) is 9.90 Å². The summed E-state index contributed by atoms with van der Waals surface area (Å²) in [6, 6.07) is 21.0. The lowest BCUT2D eigenvalue weighted by molar-refractivity contribution is -0.131. The minimum Gasteiger partial charge on any atom is -0.487 e. The van der Waals surface area contributed by atoms with E-state index in [0.717, 1.165) is 31.5 Å². The second-order valence-electron chi connectivity index (χ2n) is 10.7. The number of nitrogens with zero attached hydrogens (tertiary/aromatic N) is 2. The maximum absolute atomic E-state index is 12.9. The molecule has 0 radical (unpaired) electrons. The lowest BCUT2D eigenvalue weighted by atomic mass is 9.88. The van der Waals surface area contributed by atoms with Crippen LogP contribution in [-0.2, 0) is 9.53 Å². The molecule has 3 aliphatic heterocycles. The van der Waals surface area contributed by atoms with Gasteiger partial charge in [0.2, 0.25) is 0 Å². The third-order valence-corrected chi connectivity index (χ3v) is 8.02. The van der Waals surface area contributed by atoms with Gasteiger partial charge < -0.3 is 29.1 Å². The fraction of sp³-hybridized carbons (Fsp3) is 0.406. The summed E-state index contributed by atoms with van der Waals surface area (Å²) in [7, 11) is 0. The highest BCUT2D eigenvalue weighted by molar-refractivity contribution is 5.99. The number of para-hydroxylation sites is 1. The van der Waals surface area contributed by atoms with E-state index in [0.29, 0.717) is 55.8 Å². The van der Waals surface area contributed by atoms with Crippen molar-refractivity contribution in [2.75, 3.05) is 59.2 Å². The van der Waals surface area contributed by atoms with Crippen LogP contribution in [0.5, 0.6) is 11.5 Å². The van der Waals surface area contributed by atoms with Crippen molar-refractivity contribution >= 4 is 22.8 Å². The molecule has 2 saturated heterocycles. The number of rotatable bonds is 7. The molecule has 3 heterocycles. The van der Waals surface area contributed by atoms with E-state index in [1.165, 1.54) is 16.3 Å². The molecule has 6 rings (SSSR count). The molecule has 2 fully saturated rings. The second-order valence-corrected chi connectivity index (χ2v) is 10.7. The molecule has 3 aromatic carbocycles. The van der Waals surface area contributed by atoms with Crippen molar-refractivity contribution < 1.29 is 24.1 Å². The predicted molar refractivity (Wildman–Crippen MR) is 151 cm³/mol. The number of carbonyl (C=O) groups excluding carboxylic acids is 1. The normalized spacial score (nSPS) is 19.2. The van der Waals surface area contributed by atoms with Gasteiger partial charge in [0.25, 0.3) is 5.91 Å². The first kappa shape index (κ1) is 25.9. The lowest BCUT2D eigenvalue weighted by Crippen LogP contribution is -2.42. The summed E-state index contributed by atoms with van der Waals surface area (Å²) in [5, 5.41) is 13.3. The van der Waals surface area contributed by atoms with E-state index in [1.807, 2.05) is 29.2 Å². The molecule has 3 aromatic rings. The number of morpholine rings is 1. The number of amides is 1. The zero-order valence-electron chi connectivity index (χ0n) is 22.3. The molecular weight excluding hydrogens is 492 g/mol. The van der Waals surface area contributed by atoms with Crippen LogP contribution >= 0.6 is 0 Å². The van der Waals surface area contributed by atoms with Crippen LogP contribution in [0.4, 0.5) is 0 Å². The van der Waals surface area contributed by atoms with Gasteiger partial charge in [0, 0.05) is 25.2 Å². The maximum atomic E-state index is 12.9. The summed E-state index contributed by atoms with van der Waals surface area (Å²) in [6.07, 6.45) is 3.46. The van der Waals surface area contributed by atoms with Crippen LogP contribution in [0.1, 0.15) is 29.9 Å². The van der Waals surface area contributed by atoms with Gasteiger partial charge in [-0.3, -0.25) is 4.79 Å². The van der Waals surface area contributed by atoms with E-state index in [2.05, 4.69) is 47.4 Å². The second kappa shape index (κ2) is 11.8. The molecule has 3 aliphatic rings. The van der Waals surface area contributed by atoms with Crippen LogP contribution in [0, 0.1) is 0 Å². The van der Waals surface area contributed by atoms with Gasteiger partial charge in [0.15, 0.2) is 11.5 Å². The monoisotopic (exact) mass is 528 g/mol. The van der Waals surface area contributed by atoms with Crippen LogP contribution in [0.2, 0.25) is 0 Å². The van der Waals surface area contributed by atoms with Gasteiger partial charge in [-0.15, -0.1) is 0 Å². The number of hydrogen-bond acceptors (Lipinski definition) is 6. The lowest BCUT2D eigenvalue weighted by Gasteiger charge is -2.33. The smallest absolute Gasteiger partial charge is 0.253 e. The van der Waals surface area contributed by atoms with Gasteiger partial charge >= 0.3 is 0 Å². The number of likely N-dealkylation sites (tertiary alicyclic amines) is 1. The van der Waals surface area contributed by atoms with Crippen LogP contribution in [0.15, 0.2) is 66.2 Å². The molecule has 1 amide bonds. The summed E-state index contributed by atoms with van der Waals surface area (Å²) in [6.45, 7) is 5.24. The fourth-order valence-electron chi connectivity index (χ4n) is 5.83. The highest BCUT2D eigenvalue weighted by atomic mass is 16.5. The van der Waals surface area contributed by atoms with E-state index < -0.39 is 6.10 Å². The van der Waals surface area contributed by atoms with E-state index in [-0.39, 0.29) is 19.1 Å². The van der Waals surface area contributed by atoms with Crippen LogP contribution in [0.25, 0.3) is 16.8 Å². The number of aliphatic hydroxyl groups excluding tert-OH is 1. The van der Waals surface area contributed by atoms with Crippen LogP contribution in [0.3, 0.4) is 0 Å². The van der Waals surface area contributed by atoms with Gasteiger partial charge in [0.05, 0.1) is 18.8 Å². The number of β-amino-alcohol motifs (C(OH)–C–C–N with tert-alkyl or cyclic N) is 1. The minimum absolute atomic E-state index is 0.00456. The Bertz CT molecular complexity index is 1340. The Morgan fingerprint density at radius 1 is 0.974 bits per heavy atom. The summed E-state index contributed by atoms with van der Waals surface area (Å²) < 4.78 is 17.3. The van der Waals surface area contributed by atoms with Crippen molar-refractivity contribution in [1.29, 1.82) is 0 Å². The average molecular weight is 529 g/mol. The molecule has 0 aliphatic carbocycles. The Kier molecular flexibility index (Phi) is 7.81. The quantitative estimate of drug-likeness (QED) is 0.498. The summed E-state index contributed by atoms with van der Waals surface area (Å²) >= 11 is 0. The van der Waals surface area contributed by atoms with E-state index in [1.54, 1.807) is 0 Å². The molecule has 0 spiro atoms. The van der Waals surface area contributed by atoms with Crippen molar-refractivity contribution in [2.24, 2.45) is 0 Å². The van der Waals surface area contributed by atoms with Gasteiger partial charge in [-0.1, -0.05) is 54.6 Å². The molecule has 1 N–H and O–H groups in total. The van der Waals surface area contributed by atoms with Gasteiger partial charge in [-0.25, -0.2) is 0 Å². The highest BCUT2D eigenvalue weighted by Gasteiger charge is 2.26. The Hall–Kier alpha value is -3.39. The minimum atomic E-state index is -0.601. The number of fused-ring (bicyclic) bond motifs is 2. The van der Waals surface area contributed by atoms with E-state index >= 15 is 0 Å². The Morgan fingerprint density at radius 3 is 2.59 bits per heavy atom. The number of hydrogen-bond donors (Lipinski definition) is 1. The number of benzene rings is 3. The molecule has 0 bridgehead atoms. The first-order valence-corrected chi connectivity index (χ1v) is 14.0. The van der Waals surface area contributed by atoms with Crippen molar-refractivity contribution in [3.8, 4) is 11.5 Å². The molecule has 7 nitrogen and oxygen atoms in total. The van der Waals surface area contributed by atoms with E-state index in [4.69, 9.17) is 14.2 Å². The van der Waals surface area contributed by atoms with Crippen molar-refractivity contribution in [3.63, 3.8) is 0 Å². The molecule has 204 valence electrons. The standard InChI is InChI=1S/C32H36N2O5/c35-29(20-33-12-10-24(11-13-33)26-9-8-23-4-1-2-5-25(23)18-26)22-38-30-7-3-6-27-19-28(21-39-31(27)30)32(36)34-14-16-37-17-15-34/h1-9,18-19,24,29,35H,10-17,20-22H2. The Morgan fingerprint density at radius 2 is 1.77 bits per heavy atom. The first-order valence-electron chi connectivity index (χ1n) is 14.0. The average Bonchev–Trinajstić information content (AvgIpc) is 3.00. The topological polar surface area (TPSA) is 71.5 Å². The number of carbonyl (C=O) groups is 1. The van der Waals surface area contributed by atoms with Gasteiger partial charge in [-0.2, -0.15) is 0 Å². The number of ether oxygens (including phenoxy) is 3. The van der Waals surface area contributed by atoms with Gasteiger partial charge in [-0.05, 0) is 60.3 Å². The van der Waals surface area contributed by atoms with Crippen molar-refractivity contribution in [3.05, 3.63) is 77.4 Å². The molecule has 7 heteroatoms. The fourth-order valence-corrected chi connectivity index (χ4v) is 5.83. The molecule has 1 atom stereocenters. The Balaban J connectivity index is 1.00. The summed E-state index contributed by atoms with van der Waals surface area (Å²) in [5.74, 6) is 1.77. The predicted octanol–water partition coefficient (Wildman–Crippen LogP) is 4.09. The van der Waals surface area contributed by atoms with Crippen molar-refractivity contribution in [1.82, 2.24) is 9.80 Å². The summed E-state index contributed by atoms with van der Waals surface area (Å²) in [5.41, 5.74) is 2.87. The van der Waals surface area contributed by atoms with Crippen LogP contribution in [-0.4, -0.2) is 86.1 Å².